The van der Waals surface area contributed by atoms with Gasteiger partial charge in [0.2, 0.25) is 0 Å². The molecule has 114 valence electrons. The summed E-state index contributed by atoms with van der Waals surface area (Å²) in [4.78, 5) is 0. The van der Waals surface area contributed by atoms with Crippen molar-refractivity contribution in [1.82, 2.24) is 0 Å². The van der Waals surface area contributed by atoms with E-state index in [4.69, 9.17) is 9.47 Å². The van der Waals surface area contributed by atoms with Gasteiger partial charge in [0.25, 0.3) is 0 Å². The van der Waals surface area contributed by atoms with Gasteiger partial charge in [-0.05, 0) is 36.1 Å². The van der Waals surface area contributed by atoms with Crippen LogP contribution in [0.1, 0.15) is 36.5 Å². The van der Waals surface area contributed by atoms with E-state index in [0.717, 1.165) is 12.4 Å². The Morgan fingerprint density at radius 1 is 1.05 bits per heavy atom. The molecule has 0 unspecified atom stereocenters. The van der Waals surface area contributed by atoms with Crippen molar-refractivity contribution in [2.75, 3.05) is 13.7 Å². The van der Waals surface area contributed by atoms with Gasteiger partial charge in [0.05, 0.1) is 19.8 Å². The Morgan fingerprint density at radius 2 is 1.82 bits per heavy atom. The van der Waals surface area contributed by atoms with E-state index in [0.29, 0.717) is 5.92 Å². The molecule has 22 heavy (non-hydrogen) atoms. The third-order valence-electron chi connectivity index (χ3n) is 5.53. The summed E-state index contributed by atoms with van der Waals surface area (Å²) >= 11 is 0. The summed E-state index contributed by atoms with van der Waals surface area (Å²) in [5, 5.41) is 0. The summed E-state index contributed by atoms with van der Waals surface area (Å²) in [6, 6.07) is 19.3. The maximum atomic E-state index is 6.29. The van der Waals surface area contributed by atoms with Gasteiger partial charge in [-0.15, -0.1) is 0 Å². The van der Waals surface area contributed by atoms with Crippen LogP contribution in [0.25, 0.3) is 0 Å². The first kappa shape index (κ1) is 13.8. The molecule has 0 spiro atoms. The molecule has 1 saturated carbocycles. The maximum absolute atomic E-state index is 6.29. The molecule has 2 heteroatoms. The zero-order valence-corrected chi connectivity index (χ0v) is 13.0. The van der Waals surface area contributed by atoms with Gasteiger partial charge in [-0.1, -0.05) is 48.9 Å². The number of ether oxygens (including phenoxy) is 2. The molecule has 2 nitrogen and oxygen atoms in total. The summed E-state index contributed by atoms with van der Waals surface area (Å²) in [6.45, 7) is 0.837. The molecule has 1 saturated heterocycles. The van der Waals surface area contributed by atoms with Crippen molar-refractivity contribution < 1.29 is 9.47 Å². The van der Waals surface area contributed by atoms with E-state index in [2.05, 4.69) is 54.6 Å². The lowest BCUT2D eigenvalue weighted by Gasteiger charge is -2.29. The Kier molecular flexibility index (Phi) is 3.42. The lowest BCUT2D eigenvalue weighted by atomic mass is 9.72. The van der Waals surface area contributed by atoms with Gasteiger partial charge in [0.1, 0.15) is 5.75 Å². The smallest absolute Gasteiger partial charge is 0.118 e. The monoisotopic (exact) mass is 294 g/mol. The van der Waals surface area contributed by atoms with Crippen molar-refractivity contribution in [3.63, 3.8) is 0 Å². The van der Waals surface area contributed by atoms with E-state index in [9.17, 15) is 0 Å². The molecule has 2 aromatic carbocycles. The van der Waals surface area contributed by atoms with Crippen molar-refractivity contribution in [2.24, 2.45) is 5.92 Å². The summed E-state index contributed by atoms with van der Waals surface area (Å²) in [7, 11) is 1.72. The Labute approximate surface area is 132 Å². The molecule has 0 N–H and O–H groups in total. The predicted octanol–water partition coefficient (Wildman–Crippen LogP) is 4.50. The first-order valence-electron chi connectivity index (χ1n) is 8.14. The van der Waals surface area contributed by atoms with Gasteiger partial charge < -0.3 is 9.47 Å². The number of methoxy groups -OCH3 is 1. The molecule has 1 heterocycles. The number of hydrogen-bond acceptors (Lipinski definition) is 2. The van der Waals surface area contributed by atoms with E-state index in [1.54, 1.807) is 7.11 Å². The Bertz CT molecular complexity index is 635. The number of benzene rings is 2. The van der Waals surface area contributed by atoms with Crippen LogP contribution in [-0.4, -0.2) is 13.7 Å². The third-order valence-corrected chi connectivity index (χ3v) is 5.53. The van der Waals surface area contributed by atoms with E-state index in [1.165, 1.54) is 30.4 Å². The van der Waals surface area contributed by atoms with E-state index >= 15 is 0 Å². The summed E-state index contributed by atoms with van der Waals surface area (Å²) in [5.74, 6) is 1.51. The number of hydrogen-bond donors (Lipinski definition) is 0. The zero-order chi connectivity index (χ0) is 15.0. The summed E-state index contributed by atoms with van der Waals surface area (Å²) in [6.07, 6.45) is 4.02. The summed E-state index contributed by atoms with van der Waals surface area (Å²) < 4.78 is 11.6. The molecule has 2 fully saturated rings. The first-order valence-corrected chi connectivity index (χ1v) is 8.14. The average molecular weight is 294 g/mol. The molecule has 4 rings (SSSR count). The van der Waals surface area contributed by atoms with Gasteiger partial charge in [0, 0.05) is 11.3 Å². The largest absolute Gasteiger partial charge is 0.497 e. The van der Waals surface area contributed by atoms with Crippen molar-refractivity contribution in [2.45, 2.75) is 30.8 Å². The average Bonchev–Trinajstić information content (AvgIpc) is 3.15. The van der Waals surface area contributed by atoms with Gasteiger partial charge in [-0.2, -0.15) is 0 Å². The van der Waals surface area contributed by atoms with Crippen LogP contribution >= 0.6 is 0 Å². The van der Waals surface area contributed by atoms with Gasteiger partial charge in [-0.3, -0.25) is 0 Å². The van der Waals surface area contributed by atoms with Crippen molar-refractivity contribution in [3.05, 3.63) is 65.7 Å². The number of rotatable bonds is 3. The minimum atomic E-state index is 0.187. The topological polar surface area (TPSA) is 18.5 Å². The highest BCUT2D eigenvalue weighted by Crippen LogP contribution is 2.57. The van der Waals surface area contributed by atoms with Crippen LogP contribution in [0.4, 0.5) is 0 Å². The van der Waals surface area contributed by atoms with E-state index in [-0.39, 0.29) is 11.5 Å². The number of fused-ring (bicyclic) bond motifs is 1. The van der Waals surface area contributed by atoms with Crippen LogP contribution in [0.5, 0.6) is 5.75 Å². The molecule has 1 aliphatic heterocycles. The molecule has 0 radical (unpaired) electrons. The maximum Gasteiger partial charge on any atom is 0.118 e. The predicted molar refractivity (Wildman–Crippen MR) is 87.1 cm³/mol. The molecule has 2 aliphatic rings. The molecule has 0 bridgehead atoms. The second-order valence-corrected chi connectivity index (χ2v) is 6.53. The van der Waals surface area contributed by atoms with Gasteiger partial charge >= 0.3 is 0 Å². The van der Waals surface area contributed by atoms with Crippen molar-refractivity contribution in [1.29, 1.82) is 0 Å². The Hall–Kier alpha value is -1.80. The summed E-state index contributed by atoms with van der Waals surface area (Å²) in [5.41, 5.74) is 2.92. The van der Waals surface area contributed by atoms with E-state index in [1.807, 2.05) is 0 Å². The molecule has 2 aromatic rings. The van der Waals surface area contributed by atoms with Crippen molar-refractivity contribution >= 4 is 0 Å². The second kappa shape index (κ2) is 5.44. The minimum Gasteiger partial charge on any atom is -0.497 e. The van der Waals surface area contributed by atoms with Crippen LogP contribution in [0.15, 0.2) is 54.6 Å². The molecule has 0 aromatic heterocycles. The fourth-order valence-corrected chi connectivity index (χ4v) is 4.41. The third kappa shape index (κ3) is 2.05. The van der Waals surface area contributed by atoms with Crippen molar-refractivity contribution in [3.8, 4) is 5.75 Å². The fourth-order valence-electron chi connectivity index (χ4n) is 4.41. The molecular weight excluding hydrogens is 272 g/mol. The van der Waals surface area contributed by atoms with Crippen LogP contribution in [-0.2, 0) is 10.2 Å². The Balaban J connectivity index is 1.69. The molecular formula is C20H22O2. The zero-order valence-electron chi connectivity index (χ0n) is 13.0. The fraction of sp³-hybridized carbons (Fsp3) is 0.400. The molecule has 1 aliphatic carbocycles. The van der Waals surface area contributed by atoms with E-state index < -0.39 is 0 Å². The normalized spacial score (nSPS) is 30.2. The lowest BCUT2D eigenvalue weighted by Crippen LogP contribution is -2.30. The van der Waals surface area contributed by atoms with Gasteiger partial charge in [-0.25, -0.2) is 0 Å². The molecule has 0 amide bonds. The quantitative estimate of drug-likeness (QED) is 0.829. The first-order chi connectivity index (χ1) is 10.8. The van der Waals surface area contributed by atoms with Crippen LogP contribution in [0.2, 0.25) is 0 Å². The van der Waals surface area contributed by atoms with Crippen LogP contribution in [0, 0.1) is 5.92 Å². The second-order valence-electron chi connectivity index (χ2n) is 6.53. The minimum absolute atomic E-state index is 0.187. The highest BCUT2D eigenvalue weighted by molar-refractivity contribution is 5.37. The van der Waals surface area contributed by atoms with Crippen LogP contribution < -0.4 is 4.74 Å². The standard InChI is InChI=1S/C20H22O2/c1-21-17-11-9-16(10-12-17)20-13-5-8-18(20)19(22-14-20)15-6-3-2-4-7-15/h2-4,6-7,9-12,18-19H,5,8,13-14H2,1H3/t18-,19+,20+/m0/s1. The van der Waals surface area contributed by atoms with Crippen LogP contribution in [0.3, 0.4) is 0 Å². The SMILES string of the molecule is COc1ccc([C@]23CCC[C@H]2[C@@H](c2ccccc2)OC3)cc1. The highest BCUT2D eigenvalue weighted by atomic mass is 16.5. The lowest BCUT2D eigenvalue weighted by molar-refractivity contribution is 0.0846. The molecule has 3 atom stereocenters. The van der Waals surface area contributed by atoms with Gasteiger partial charge in [0.15, 0.2) is 0 Å². The highest BCUT2D eigenvalue weighted by Gasteiger charge is 2.53. The Morgan fingerprint density at radius 3 is 2.55 bits per heavy atom.